The van der Waals surface area contributed by atoms with Crippen LogP contribution in [0.25, 0.3) is 0 Å². The van der Waals surface area contributed by atoms with E-state index in [0.29, 0.717) is 18.4 Å². The molecule has 1 aromatic rings. The van der Waals surface area contributed by atoms with Gasteiger partial charge in [0.2, 0.25) is 0 Å². The molecule has 0 saturated heterocycles. The van der Waals surface area contributed by atoms with Gasteiger partial charge >= 0.3 is 0 Å². The molecule has 2 rings (SSSR count). The van der Waals surface area contributed by atoms with Gasteiger partial charge in [0.25, 0.3) is 5.69 Å². The quantitative estimate of drug-likeness (QED) is 0.636. The van der Waals surface area contributed by atoms with Crippen LogP contribution in [-0.2, 0) is 0 Å². The number of nitrogens with zero attached hydrogens (tertiary/aromatic N) is 3. The van der Waals surface area contributed by atoms with Gasteiger partial charge in [-0.3, -0.25) is 10.1 Å². The number of aliphatic hydroxyl groups is 1. The molecular formula is C12H17N3O3. The molecule has 0 unspecified atom stereocenters. The fourth-order valence-electron chi connectivity index (χ4n) is 2.46. The minimum atomic E-state index is -0.456. The predicted octanol–water partition coefficient (Wildman–Crippen LogP) is 1.73. The predicted molar refractivity (Wildman–Crippen MR) is 67.6 cm³/mol. The van der Waals surface area contributed by atoms with Crippen LogP contribution in [0, 0.1) is 10.1 Å². The maximum absolute atomic E-state index is 10.6. The number of hydrogen-bond acceptors (Lipinski definition) is 5. The van der Waals surface area contributed by atoms with Gasteiger partial charge in [0, 0.05) is 18.7 Å². The van der Waals surface area contributed by atoms with Crippen LogP contribution in [0.3, 0.4) is 0 Å². The zero-order chi connectivity index (χ0) is 13.0. The Morgan fingerprint density at radius 2 is 2.17 bits per heavy atom. The lowest BCUT2D eigenvalue weighted by Gasteiger charge is -2.29. The molecule has 0 aliphatic heterocycles. The van der Waals surface area contributed by atoms with Crippen LogP contribution in [0.4, 0.5) is 11.5 Å². The number of aliphatic hydroxyl groups excluding tert-OH is 1. The summed E-state index contributed by atoms with van der Waals surface area (Å²) in [7, 11) is 0. The zero-order valence-corrected chi connectivity index (χ0v) is 10.2. The first-order valence-corrected chi connectivity index (χ1v) is 6.20. The minimum Gasteiger partial charge on any atom is -0.395 e. The van der Waals surface area contributed by atoms with Crippen LogP contribution in [0.15, 0.2) is 18.3 Å². The first-order chi connectivity index (χ1) is 8.72. The highest BCUT2D eigenvalue weighted by Crippen LogP contribution is 2.27. The van der Waals surface area contributed by atoms with Crippen molar-refractivity contribution in [3.8, 4) is 0 Å². The van der Waals surface area contributed by atoms with Gasteiger partial charge < -0.3 is 10.0 Å². The van der Waals surface area contributed by atoms with E-state index in [0.717, 1.165) is 12.8 Å². The van der Waals surface area contributed by atoms with Crippen molar-refractivity contribution in [3.05, 3.63) is 28.4 Å². The molecule has 1 N–H and O–H groups in total. The molecule has 0 amide bonds. The Morgan fingerprint density at radius 3 is 2.67 bits per heavy atom. The second kappa shape index (κ2) is 5.77. The van der Waals surface area contributed by atoms with Gasteiger partial charge in [0.15, 0.2) is 0 Å². The Morgan fingerprint density at radius 1 is 1.44 bits per heavy atom. The molecule has 6 heteroatoms. The maximum atomic E-state index is 10.6. The van der Waals surface area contributed by atoms with Crippen molar-refractivity contribution in [1.82, 2.24) is 4.98 Å². The summed E-state index contributed by atoms with van der Waals surface area (Å²) in [4.78, 5) is 16.3. The normalized spacial score (nSPS) is 15.8. The molecule has 0 atom stereocenters. The first-order valence-electron chi connectivity index (χ1n) is 6.20. The molecule has 1 aromatic heterocycles. The smallest absolute Gasteiger partial charge is 0.287 e. The van der Waals surface area contributed by atoms with E-state index in [9.17, 15) is 10.1 Å². The molecule has 1 aliphatic rings. The molecule has 0 aromatic carbocycles. The summed E-state index contributed by atoms with van der Waals surface area (Å²) < 4.78 is 0. The summed E-state index contributed by atoms with van der Waals surface area (Å²) in [5.41, 5.74) is -0.00544. The van der Waals surface area contributed by atoms with Gasteiger partial charge in [-0.2, -0.15) is 0 Å². The highest BCUT2D eigenvalue weighted by Gasteiger charge is 2.23. The van der Waals surface area contributed by atoms with Crippen LogP contribution in [0.2, 0.25) is 0 Å². The van der Waals surface area contributed by atoms with Gasteiger partial charge in [-0.25, -0.2) is 4.98 Å². The number of hydrogen-bond donors (Lipinski definition) is 1. The van der Waals surface area contributed by atoms with Crippen LogP contribution >= 0.6 is 0 Å². The fraction of sp³-hybridized carbons (Fsp3) is 0.583. The van der Waals surface area contributed by atoms with Crippen molar-refractivity contribution in [2.45, 2.75) is 31.7 Å². The fourth-order valence-corrected chi connectivity index (χ4v) is 2.46. The third-order valence-electron chi connectivity index (χ3n) is 3.34. The molecule has 1 heterocycles. The van der Waals surface area contributed by atoms with E-state index < -0.39 is 4.92 Å². The lowest BCUT2D eigenvalue weighted by molar-refractivity contribution is -0.385. The molecule has 6 nitrogen and oxygen atoms in total. The van der Waals surface area contributed by atoms with Crippen molar-refractivity contribution in [3.63, 3.8) is 0 Å². The third-order valence-corrected chi connectivity index (χ3v) is 3.34. The van der Waals surface area contributed by atoms with Gasteiger partial charge in [0.05, 0.1) is 11.5 Å². The summed E-state index contributed by atoms with van der Waals surface area (Å²) in [6.07, 6.45) is 5.85. The summed E-state index contributed by atoms with van der Waals surface area (Å²) in [6.45, 7) is 0.588. The van der Waals surface area contributed by atoms with Gasteiger partial charge in [-0.1, -0.05) is 12.8 Å². The third kappa shape index (κ3) is 2.76. The van der Waals surface area contributed by atoms with Crippen LogP contribution < -0.4 is 4.90 Å². The topological polar surface area (TPSA) is 79.5 Å². The van der Waals surface area contributed by atoms with Crippen molar-refractivity contribution in [2.75, 3.05) is 18.1 Å². The minimum absolute atomic E-state index is 0.00544. The molecule has 18 heavy (non-hydrogen) atoms. The molecule has 1 saturated carbocycles. The van der Waals surface area contributed by atoms with E-state index in [-0.39, 0.29) is 12.3 Å². The standard InChI is InChI=1S/C12H17N3O3/c16-8-7-14(10-3-1-2-4-10)12-6-5-11(9-13-12)15(17)18/h5-6,9-10,16H,1-4,7-8H2. The molecule has 0 radical (unpaired) electrons. The summed E-state index contributed by atoms with van der Waals surface area (Å²) in [5, 5.41) is 19.7. The monoisotopic (exact) mass is 251 g/mol. The number of rotatable bonds is 5. The molecule has 0 bridgehead atoms. The number of pyridine rings is 1. The Labute approximate surface area is 105 Å². The molecule has 1 fully saturated rings. The average Bonchev–Trinajstić information content (AvgIpc) is 2.90. The van der Waals surface area contributed by atoms with E-state index in [1.54, 1.807) is 6.07 Å². The summed E-state index contributed by atoms with van der Waals surface area (Å²) in [6, 6.07) is 3.51. The molecule has 0 spiro atoms. The lowest BCUT2D eigenvalue weighted by atomic mass is 10.2. The van der Waals surface area contributed by atoms with Crippen LogP contribution in [0.1, 0.15) is 25.7 Å². The van der Waals surface area contributed by atoms with Crippen molar-refractivity contribution in [1.29, 1.82) is 0 Å². The Hall–Kier alpha value is -1.69. The average molecular weight is 251 g/mol. The summed E-state index contributed by atoms with van der Waals surface area (Å²) in [5.74, 6) is 0.710. The van der Waals surface area contributed by atoms with Crippen molar-refractivity contribution >= 4 is 11.5 Å². The van der Waals surface area contributed by atoms with Gasteiger partial charge in [-0.05, 0) is 18.9 Å². The van der Waals surface area contributed by atoms with Crippen molar-refractivity contribution in [2.24, 2.45) is 0 Å². The molecule has 1 aliphatic carbocycles. The number of nitro groups is 1. The zero-order valence-electron chi connectivity index (χ0n) is 10.2. The van der Waals surface area contributed by atoms with E-state index >= 15 is 0 Å². The van der Waals surface area contributed by atoms with E-state index in [1.165, 1.54) is 25.1 Å². The number of aromatic nitrogens is 1. The van der Waals surface area contributed by atoms with Crippen LogP contribution in [0.5, 0.6) is 0 Å². The lowest BCUT2D eigenvalue weighted by Crippen LogP contribution is -2.36. The highest BCUT2D eigenvalue weighted by atomic mass is 16.6. The van der Waals surface area contributed by atoms with Crippen molar-refractivity contribution < 1.29 is 10.0 Å². The van der Waals surface area contributed by atoms with E-state index in [4.69, 9.17) is 5.11 Å². The second-order valence-corrected chi connectivity index (χ2v) is 4.49. The maximum Gasteiger partial charge on any atom is 0.287 e. The molecular weight excluding hydrogens is 234 g/mol. The second-order valence-electron chi connectivity index (χ2n) is 4.49. The van der Waals surface area contributed by atoms with Gasteiger partial charge in [-0.15, -0.1) is 0 Å². The Kier molecular flexibility index (Phi) is 4.09. The molecule has 98 valence electrons. The SMILES string of the molecule is O=[N+]([O-])c1ccc(N(CCO)C2CCCC2)nc1. The highest BCUT2D eigenvalue weighted by molar-refractivity contribution is 5.44. The van der Waals surface area contributed by atoms with Crippen LogP contribution in [-0.4, -0.2) is 34.2 Å². The number of anilines is 1. The summed E-state index contributed by atoms with van der Waals surface area (Å²) >= 11 is 0. The Bertz CT molecular complexity index is 402. The Balaban J connectivity index is 2.16. The first kappa shape index (κ1) is 12.8. The van der Waals surface area contributed by atoms with E-state index in [1.807, 2.05) is 0 Å². The van der Waals surface area contributed by atoms with Gasteiger partial charge in [0.1, 0.15) is 12.0 Å². The largest absolute Gasteiger partial charge is 0.395 e. The van der Waals surface area contributed by atoms with E-state index in [2.05, 4.69) is 9.88 Å².